The van der Waals surface area contributed by atoms with Gasteiger partial charge in [0.25, 0.3) is 0 Å². The fourth-order valence-corrected chi connectivity index (χ4v) is 0.472. The molecule has 0 amide bonds. The number of hydrogen-bond donors (Lipinski definition) is 1. The van der Waals surface area contributed by atoms with Gasteiger partial charge in [-0.15, -0.1) is 0 Å². The molecule has 0 atom stereocenters. The minimum absolute atomic E-state index is 0.115. The topological polar surface area (TPSA) is 38.3 Å². The summed E-state index contributed by atoms with van der Waals surface area (Å²) in [6, 6.07) is 0. The highest BCUT2D eigenvalue weighted by atomic mass is 16.5. The lowest BCUT2D eigenvalue weighted by atomic mass is 10.1. The third-order valence-electron chi connectivity index (χ3n) is 0.493. The van der Waals surface area contributed by atoms with E-state index < -0.39 is 0 Å². The molecule has 0 saturated carbocycles. The second-order valence-electron chi connectivity index (χ2n) is 2.86. The van der Waals surface area contributed by atoms with Gasteiger partial charge in [-0.3, -0.25) is 5.43 Å². The smallest absolute Gasteiger partial charge is 0.0231 e. The molecule has 0 aliphatic rings. The minimum Gasteiger partial charge on any atom is -0.772 e. The molecule has 0 rings (SSSR count). The van der Waals surface area contributed by atoms with Crippen molar-refractivity contribution in [3.05, 3.63) is 5.21 Å². The first kappa shape index (κ1) is 7.88. The summed E-state index contributed by atoms with van der Waals surface area (Å²) in [7, 11) is 1.44. The number of hydrazine groups is 1. The van der Waals surface area contributed by atoms with Crippen LogP contribution in [0, 0.1) is 5.21 Å². The molecule has 0 radical (unpaired) electrons. The fraction of sp³-hybridized carbons (Fsp3) is 1.00. The zero-order valence-corrected chi connectivity index (χ0v) is 5.86. The Hall–Kier alpha value is -0.120. The van der Waals surface area contributed by atoms with E-state index in [-0.39, 0.29) is 5.54 Å². The Morgan fingerprint density at radius 1 is 1.38 bits per heavy atom. The Morgan fingerprint density at radius 2 is 1.75 bits per heavy atom. The molecule has 0 aromatic heterocycles. The molecule has 0 aromatic rings. The summed E-state index contributed by atoms with van der Waals surface area (Å²) >= 11 is 0. The highest BCUT2D eigenvalue weighted by molar-refractivity contribution is 4.67. The van der Waals surface area contributed by atoms with Crippen molar-refractivity contribution < 1.29 is 0 Å². The Balaban J connectivity index is 3.39. The molecule has 1 N–H and O–H groups in total. The zero-order chi connectivity index (χ0) is 6.78. The van der Waals surface area contributed by atoms with Crippen molar-refractivity contribution in [3.8, 4) is 0 Å². The van der Waals surface area contributed by atoms with Crippen molar-refractivity contribution in [2.75, 3.05) is 7.05 Å². The number of hydroxylamine groups is 1. The summed E-state index contributed by atoms with van der Waals surface area (Å²) in [5.74, 6) is 0. The molecule has 0 aliphatic heterocycles. The van der Waals surface area contributed by atoms with Crippen molar-refractivity contribution in [2.45, 2.75) is 26.3 Å². The van der Waals surface area contributed by atoms with Crippen molar-refractivity contribution >= 4 is 0 Å². The fourth-order valence-electron chi connectivity index (χ4n) is 0.472. The summed E-state index contributed by atoms with van der Waals surface area (Å²) in [5, 5.41) is 11.0. The van der Waals surface area contributed by atoms with Crippen molar-refractivity contribution in [1.29, 1.82) is 0 Å². The standard InChI is InChI=1S/C5H13N2O/c1-5(2,3)6-7(4)8/h6H,1-4H3/q-1. The van der Waals surface area contributed by atoms with Crippen LogP contribution in [0.25, 0.3) is 0 Å². The van der Waals surface area contributed by atoms with Gasteiger partial charge in [-0.1, -0.05) is 0 Å². The molecular formula is C5H13N2O-. The predicted octanol–water partition coefficient (Wildman–Crippen LogP) is 0.719. The lowest BCUT2D eigenvalue weighted by Crippen LogP contribution is -2.43. The first-order chi connectivity index (χ1) is 3.42. The summed E-state index contributed by atoms with van der Waals surface area (Å²) < 4.78 is 0. The van der Waals surface area contributed by atoms with E-state index in [0.29, 0.717) is 5.17 Å². The summed E-state index contributed by atoms with van der Waals surface area (Å²) in [5.41, 5.74) is 2.55. The molecule has 0 fully saturated rings. The van der Waals surface area contributed by atoms with E-state index in [1.807, 2.05) is 20.8 Å². The highest BCUT2D eigenvalue weighted by Crippen LogP contribution is 1.97. The summed E-state index contributed by atoms with van der Waals surface area (Å²) in [6.07, 6.45) is 0. The van der Waals surface area contributed by atoms with Gasteiger partial charge in [-0.05, 0) is 27.8 Å². The van der Waals surface area contributed by atoms with Gasteiger partial charge in [0.15, 0.2) is 0 Å². The van der Waals surface area contributed by atoms with Gasteiger partial charge in [0.1, 0.15) is 0 Å². The van der Waals surface area contributed by atoms with Crippen LogP contribution in [0.4, 0.5) is 0 Å². The van der Waals surface area contributed by atoms with Gasteiger partial charge in [0.05, 0.1) is 0 Å². The quantitative estimate of drug-likeness (QED) is 0.514. The van der Waals surface area contributed by atoms with E-state index in [0.717, 1.165) is 0 Å². The molecule has 3 heteroatoms. The second-order valence-corrected chi connectivity index (χ2v) is 2.86. The lowest BCUT2D eigenvalue weighted by Gasteiger charge is -2.32. The first-order valence-corrected chi connectivity index (χ1v) is 2.60. The van der Waals surface area contributed by atoms with Crippen LogP contribution in [0.5, 0.6) is 0 Å². The van der Waals surface area contributed by atoms with Gasteiger partial charge in [0, 0.05) is 5.54 Å². The number of hydrogen-bond acceptors (Lipinski definition) is 3. The minimum atomic E-state index is -0.115. The summed E-state index contributed by atoms with van der Waals surface area (Å²) in [6.45, 7) is 5.80. The van der Waals surface area contributed by atoms with Gasteiger partial charge in [0.2, 0.25) is 0 Å². The summed E-state index contributed by atoms with van der Waals surface area (Å²) in [4.78, 5) is 0. The van der Waals surface area contributed by atoms with Crippen LogP contribution in [-0.4, -0.2) is 17.8 Å². The van der Waals surface area contributed by atoms with E-state index in [4.69, 9.17) is 0 Å². The average Bonchev–Trinajstić information content (AvgIpc) is 1.21. The maximum Gasteiger partial charge on any atom is 0.0231 e. The molecule has 0 saturated heterocycles. The van der Waals surface area contributed by atoms with E-state index in [9.17, 15) is 5.21 Å². The van der Waals surface area contributed by atoms with Crippen LogP contribution in [0.2, 0.25) is 0 Å². The molecule has 50 valence electrons. The second kappa shape index (κ2) is 2.44. The monoisotopic (exact) mass is 117 g/mol. The predicted molar refractivity (Wildman–Crippen MR) is 34.0 cm³/mol. The van der Waals surface area contributed by atoms with E-state index in [1.54, 1.807) is 0 Å². The highest BCUT2D eigenvalue weighted by Gasteiger charge is 2.06. The average molecular weight is 117 g/mol. The number of nitrogens with zero attached hydrogens (tertiary/aromatic N) is 1. The Morgan fingerprint density at radius 3 is 1.75 bits per heavy atom. The van der Waals surface area contributed by atoms with Crippen molar-refractivity contribution in [1.82, 2.24) is 10.6 Å². The zero-order valence-electron chi connectivity index (χ0n) is 5.86. The maximum atomic E-state index is 10.3. The van der Waals surface area contributed by atoms with E-state index in [2.05, 4.69) is 5.43 Å². The van der Waals surface area contributed by atoms with E-state index >= 15 is 0 Å². The molecule has 0 aliphatic carbocycles. The Kier molecular flexibility index (Phi) is 2.40. The largest absolute Gasteiger partial charge is 0.772 e. The van der Waals surface area contributed by atoms with Crippen LogP contribution < -0.4 is 5.43 Å². The van der Waals surface area contributed by atoms with E-state index in [1.165, 1.54) is 7.05 Å². The number of rotatable bonds is 1. The third-order valence-corrected chi connectivity index (χ3v) is 0.493. The Bertz CT molecular complexity index is 65.3. The van der Waals surface area contributed by atoms with Gasteiger partial charge >= 0.3 is 0 Å². The molecule has 0 unspecified atom stereocenters. The first-order valence-electron chi connectivity index (χ1n) is 2.60. The van der Waals surface area contributed by atoms with Crippen molar-refractivity contribution in [3.63, 3.8) is 0 Å². The molecular weight excluding hydrogens is 104 g/mol. The van der Waals surface area contributed by atoms with Crippen LogP contribution in [-0.2, 0) is 0 Å². The number of nitrogens with one attached hydrogen (secondary N) is 1. The Labute approximate surface area is 50.2 Å². The molecule has 0 spiro atoms. The van der Waals surface area contributed by atoms with Crippen molar-refractivity contribution in [2.24, 2.45) is 0 Å². The maximum absolute atomic E-state index is 10.3. The molecule has 3 nitrogen and oxygen atoms in total. The van der Waals surface area contributed by atoms with Crippen LogP contribution >= 0.6 is 0 Å². The normalized spacial score (nSPS) is 12.8. The SMILES string of the molecule is CN([O-])NC(C)(C)C. The van der Waals surface area contributed by atoms with Gasteiger partial charge in [-0.2, -0.15) is 0 Å². The van der Waals surface area contributed by atoms with Crippen LogP contribution in [0.3, 0.4) is 0 Å². The lowest BCUT2D eigenvalue weighted by molar-refractivity contribution is 0.225. The molecule has 0 heterocycles. The third kappa shape index (κ3) is 5.88. The van der Waals surface area contributed by atoms with Crippen LogP contribution in [0.15, 0.2) is 0 Å². The molecule has 0 aromatic carbocycles. The van der Waals surface area contributed by atoms with Gasteiger partial charge < -0.3 is 10.4 Å². The molecule has 8 heavy (non-hydrogen) atoms. The molecule has 0 bridgehead atoms. The van der Waals surface area contributed by atoms with Crippen LogP contribution in [0.1, 0.15) is 20.8 Å². The van der Waals surface area contributed by atoms with Gasteiger partial charge in [-0.25, -0.2) is 0 Å².